The Hall–Kier alpha value is -2.44. The zero-order chi connectivity index (χ0) is 16.9. The Kier molecular flexibility index (Phi) is 5.08. The standard InChI is InChI=1S/C17H22N4O3/c1-12-15(16-18-9-6-10-21(16)20-12)17(23)24-11-14(22)19-13-7-4-2-3-5-8-13/h6,9-10,13H,2-5,7-8,11H2,1H3,(H,19,22). The summed E-state index contributed by atoms with van der Waals surface area (Å²) in [5.74, 6) is -0.824. The predicted octanol–water partition coefficient (Wildman–Crippen LogP) is 2.03. The smallest absolute Gasteiger partial charge is 0.344 e. The van der Waals surface area contributed by atoms with Crippen molar-refractivity contribution in [3.05, 3.63) is 29.7 Å². The molecule has 7 nitrogen and oxygen atoms in total. The van der Waals surface area contributed by atoms with Gasteiger partial charge in [-0.25, -0.2) is 14.3 Å². The van der Waals surface area contributed by atoms with Crippen LogP contribution in [0.2, 0.25) is 0 Å². The number of fused-ring (bicyclic) bond motifs is 1. The molecule has 24 heavy (non-hydrogen) atoms. The summed E-state index contributed by atoms with van der Waals surface area (Å²) in [5, 5.41) is 7.18. The molecule has 1 N–H and O–H groups in total. The Morgan fingerprint density at radius 2 is 2.04 bits per heavy atom. The van der Waals surface area contributed by atoms with Gasteiger partial charge in [-0.2, -0.15) is 5.10 Å². The van der Waals surface area contributed by atoms with Crippen LogP contribution in [0.25, 0.3) is 5.65 Å². The highest BCUT2D eigenvalue weighted by atomic mass is 16.5. The first-order valence-electron chi connectivity index (χ1n) is 8.41. The van der Waals surface area contributed by atoms with Crippen molar-refractivity contribution in [1.82, 2.24) is 19.9 Å². The normalized spacial score (nSPS) is 15.9. The zero-order valence-corrected chi connectivity index (χ0v) is 13.8. The minimum atomic E-state index is -0.572. The summed E-state index contributed by atoms with van der Waals surface area (Å²) in [4.78, 5) is 28.5. The van der Waals surface area contributed by atoms with Crippen LogP contribution in [0.3, 0.4) is 0 Å². The van der Waals surface area contributed by atoms with Gasteiger partial charge in [-0.15, -0.1) is 0 Å². The van der Waals surface area contributed by atoms with Gasteiger partial charge in [-0.05, 0) is 25.8 Å². The second kappa shape index (κ2) is 7.42. The molecule has 128 valence electrons. The lowest BCUT2D eigenvalue weighted by atomic mass is 10.1. The molecule has 2 aromatic heterocycles. The van der Waals surface area contributed by atoms with Gasteiger partial charge in [0.25, 0.3) is 5.91 Å². The van der Waals surface area contributed by atoms with Gasteiger partial charge in [0, 0.05) is 18.4 Å². The van der Waals surface area contributed by atoms with Crippen LogP contribution in [-0.2, 0) is 9.53 Å². The molecule has 1 aliphatic rings. The molecule has 0 spiro atoms. The fraction of sp³-hybridized carbons (Fsp3) is 0.529. The predicted molar refractivity (Wildman–Crippen MR) is 87.6 cm³/mol. The summed E-state index contributed by atoms with van der Waals surface area (Å²) in [6.45, 7) is 1.44. The van der Waals surface area contributed by atoms with E-state index in [0.29, 0.717) is 16.9 Å². The number of carbonyl (C=O) groups is 2. The Labute approximate surface area is 140 Å². The molecule has 1 saturated carbocycles. The molecule has 0 saturated heterocycles. The molecule has 0 aromatic carbocycles. The molecule has 1 aliphatic carbocycles. The first kappa shape index (κ1) is 16.4. The van der Waals surface area contributed by atoms with Gasteiger partial charge in [0.1, 0.15) is 5.56 Å². The molecule has 1 fully saturated rings. The first-order chi connectivity index (χ1) is 11.6. The van der Waals surface area contributed by atoms with Crippen molar-refractivity contribution in [1.29, 1.82) is 0 Å². The van der Waals surface area contributed by atoms with Gasteiger partial charge in [-0.1, -0.05) is 25.7 Å². The first-order valence-corrected chi connectivity index (χ1v) is 8.41. The lowest BCUT2D eigenvalue weighted by Gasteiger charge is -2.16. The molecule has 0 atom stereocenters. The topological polar surface area (TPSA) is 85.6 Å². The third-order valence-corrected chi connectivity index (χ3v) is 4.33. The quantitative estimate of drug-likeness (QED) is 0.685. The minimum Gasteiger partial charge on any atom is -0.452 e. The van der Waals surface area contributed by atoms with Crippen LogP contribution in [0.5, 0.6) is 0 Å². The van der Waals surface area contributed by atoms with E-state index in [4.69, 9.17) is 4.74 Å². The van der Waals surface area contributed by atoms with Crippen LogP contribution in [0.15, 0.2) is 18.5 Å². The third kappa shape index (κ3) is 3.72. The van der Waals surface area contributed by atoms with Crippen molar-refractivity contribution in [3.8, 4) is 0 Å². The van der Waals surface area contributed by atoms with Gasteiger partial charge in [0.2, 0.25) is 0 Å². The lowest BCUT2D eigenvalue weighted by Crippen LogP contribution is -2.37. The number of aryl methyl sites for hydroxylation is 1. The van der Waals surface area contributed by atoms with Crippen molar-refractivity contribution in [2.75, 3.05) is 6.61 Å². The number of carbonyl (C=O) groups excluding carboxylic acids is 2. The summed E-state index contributed by atoms with van der Waals surface area (Å²) in [5.41, 5.74) is 1.27. The summed E-state index contributed by atoms with van der Waals surface area (Å²) in [7, 11) is 0. The number of hydrogen-bond donors (Lipinski definition) is 1. The van der Waals surface area contributed by atoms with E-state index in [1.807, 2.05) is 0 Å². The van der Waals surface area contributed by atoms with Crippen LogP contribution in [0.4, 0.5) is 0 Å². The Morgan fingerprint density at radius 3 is 2.79 bits per heavy atom. The zero-order valence-electron chi connectivity index (χ0n) is 13.8. The molecule has 1 amide bonds. The van der Waals surface area contributed by atoms with Gasteiger partial charge >= 0.3 is 5.97 Å². The van der Waals surface area contributed by atoms with E-state index in [1.165, 1.54) is 17.4 Å². The highest BCUT2D eigenvalue weighted by Gasteiger charge is 2.21. The number of aromatic nitrogens is 3. The largest absolute Gasteiger partial charge is 0.452 e. The van der Waals surface area contributed by atoms with E-state index in [-0.39, 0.29) is 18.6 Å². The van der Waals surface area contributed by atoms with Crippen molar-refractivity contribution < 1.29 is 14.3 Å². The maximum atomic E-state index is 12.3. The van der Waals surface area contributed by atoms with Crippen molar-refractivity contribution in [2.24, 2.45) is 0 Å². The SMILES string of the molecule is Cc1nn2cccnc2c1C(=O)OCC(=O)NC1CCCCCC1. The highest BCUT2D eigenvalue weighted by molar-refractivity contribution is 5.98. The van der Waals surface area contributed by atoms with Crippen LogP contribution in [-0.4, -0.2) is 39.1 Å². The van der Waals surface area contributed by atoms with Crippen molar-refractivity contribution in [2.45, 2.75) is 51.5 Å². The summed E-state index contributed by atoms with van der Waals surface area (Å²) in [6, 6.07) is 1.92. The number of amides is 1. The molecule has 7 heteroatoms. The number of nitrogens with zero attached hydrogens (tertiary/aromatic N) is 3. The van der Waals surface area contributed by atoms with E-state index >= 15 is 0 Å². The van der Waals surface area contributed by atoms with E-state index in [9.17, 15) is 9.59 Å². The fourth-order valence-corrected chi connectivity index (χ4v) is 3.13. The minimum absolute atomic E-state index is 0.194. The van der Waals surface area contributed by atoms with Crippen molar-refractivity contribution >= 4 is 17.5 Å². The number of hydrogen-bond acceptors (Lipinski definition) is 5. The summed E-state index contributed by atoms with van der Waals surface area (Å²) < 4.78 is 6.69. The Bertz CT molecular complexity index is 733. The Morgan fingerprint density at radius 1 is 1.29 bits per heavy atom. The Balaban J connectivity index is 1.58. The average Bonchev–Trinajstić information content (AvgIpc) is 2.72. The lowest BCUT2D eigenvalue weighted by molar-refractivity contribution is -0.125. The van der Waals surface area contributed by atoms with E-state index in [0.717, 1.165) is 25.7 Å². The third-order valence-electron chi connectivity index (χ3n) is 4.33. The molecule has 0 aliphatic heterocycles. The fourth-order valence-electron chi connectivity index (χ4n) is 3.13. The highest BCUT2D eigenvalue weighted by Crippen LogP contribution is 2.17. The second-order valence-electron chi connectivity index (χ2n) is 6.18. The summed E-state index contributed by atoms with van der Waals surface area (Å²) >= 11 is 0. The van der Waals surface area contributed by atoms with Crippen LogP contribution in [0, 0.1) is 6.92 Å². The molecule has 0 unspecified atom stereocenters. The van der Waals surface area contributed by atoms with E-state index < -0.39 is 5.97 Å². The molecule has 0 radical (unpaired) electrons. The summed E-state index contributed by atoms with van der Waals surface area (Å²) in [6.07, 6.45) is 10.0. The van der Waals surface area contributed by atoms with E-state index in [2.05, 4.69) is 15.4 Å². The monoisotopic (exact) mass is 330 g/mol. The van der Waals surface area contributed by atoms with Crippen LogP contribution >= 0.6 is 0 Å². The molecule has 3 rings (SSSR count). The molecular weight excluding hydrogens is 308 g/mol. The van der Waals surface area contributed by atoms with Crippen LogP contribution < -0.4 is 5.32 Å². The number of esters is 1. The molecule has 2 heterocycles. The maximum Gasteiger partial charge on any atom is 0.344 e. The molecule has 0 bridgehead atoms. The van der Waals surface area contributed by atoms with Gasteiger partial charge in [0.05, 0.1) is 5.69 Å². The van der Waals surface area contributed by atoms with Gasteiger partial charge in [-0.3, -0.25) is 4.79 Å². The maximum absolute atomic E-state index is 12.3. The van der Waals surface area contributed by atoms with Gasteiger partial charge in [0.15, 0.2) is 12.3 Å². The van der Waals surface area contributed by atoms with Crippen LogP contribution in [0.1, 0.15) is 54.6 Å². The van der Waals surface area contributed by atoms with E-state index in [1.54, 1.807) is 25.4 Å². The van der Waals surface area contributed by atoms with Crippen molar-refractivity contribution in [3.63, 3.8) is 0 Å². The number of nitrogens with one attached hydrogen (secondary N) is 1. The molecule has 2 aromatic rings. The van der Waals surface area contributed by atoms with Gasteiger partial charge < -0.3 is 10.1 Å². The second-order valence-corrected chi connectivity index (χ2v) is 6.18. The average molecular weight is 330 g/mol. The number of rotatable bonds is 4. The number of ether oxygens (including phenoxy) is 1. The molecular formula is C17H22N4O3.